The van der Waals surface area contributed by atoms with Gasteiger partial charge in [-0.15, -0.1) is 0 Å². The molecule has 2 N–H and O–H groups in total. The Balaban J connectivity index is 1.91. The maximum Gasteiger partial charge on any atom is 0.251 e. The smallest absolute Gasteiger partial charge is 0.251 e. The molecule has 114 valence electrons. The van der Waals surface area contributed by atoms with Crippen LogP contribution in [0, 0.1) is 5.92 Å². The van der Waals surface area contributed by atoms with E-state index >= 15 is 0 Å². The van der Waals surface area contributed by atoms with E-state index in [1.165, 1.54) is 19.3 Å². The summed E-state index contributed by atoms with van der Waals surface area (Å²) in [5.41, 5.74) is 1.27. The minimum absolute atomic E-state index is 0.0509. The highest BCUT2D eigenvalue weighted by atomic mass is 16.2. The molecule has 21 heavy (non-hydrogen) atoms. The fourth-order valence-corrected chi connectivity index (χ4v) is 2.87. The molecule has 0 unspecified atom stereocenters. The van der Waals surface area contributed by atoms with Crippen molar-refractivity contribution in [3.05, 3.63) is 29.8 Å². The summed E-state index contributed by atoms with van der Waals surface area (Å²) in [6.07, 6.45) is 6.69. The van der Waals surface area contributed by atoms with Gasteiger partial charge in [0.05, 0.1) is 0 Å². The van der Waals surface area contributed by atoms with Crippen molar-refractivity contribution in [2.45, 2.75) is 45.4 Å². The Bertz CT molecular complexity index is 493. The fourth-order valence-electron chi connectivity index (χ4n) is 2.87. The second-order valence-corrected chi connectivity index (χ2v) is 5.70. The summed E-state index contributed by atoms with van der Waals surface area (Å²) in [7, 11) is 0. The molecule has 4 nitrogen and oxygen atoms in total. The number of amides is 2. The Hall–Kier alpha value is -1.84. The fraction of sp³-hybridized carbons (Fsp3) is 0.529. The van der Waals surface area contributed by atoms with E-state index in [9.17, 15) is 9.59 Å². The van der Waals surface area contributed by atoms with Crippen LogP contribution < -0.4 is 10.6 Å². The van der Waals surface area contributed by atoms with Crippen molar-refractivity contribution in [2.75, 3.05) is 11.9 Å². The van der Waals surface area contributed by atoms with E-state index in [1.807, 2.05) is 13.0 Å². The van der Waals surface area contributed by atoms with Crippen LogP contribution in [0.4, 0.5) is 5.69 Å². The topological polar surface area (TPSA) is 58.2 Å². The van der Waals surface area contributed by atoms with E-state index in [1.54, 1.807) is 18.2 Å². The quantitative estimate of drug-likeness (QED) is 0.873. The van der Waals surface area contributed by atoms with Gasteiger partial charge < -0.3 is 10.6 Å². The van der Waals surface area contributed by atoms with Crippen LogP contribution >= 0.6 is 0 Å². The van der Waals surface area contributed by atoms with Crippen molar-refractivity contribution in [1.82, 2.24) is 5.32 Å². The van der Waals surface area contributed by atoms with Crippen LogP contribution in [-0.4, -0.2) is 18.4 Å². The van der Waals surface area contributed by atoms with Gasteiger partial charge in [0, 0.05) is 24.2 Å². The van der Waals surface area contributed by atoms with Gasteiger partial charge in [-0.1, -0.05) is 25.3 Å². The first-order valence-electron chi connectivity index (χ1n) is 7.87. The van der Waals surface area contributed by atoms with E-state index in [2.05, 4.69) is 10.6 Å². The molecule has 0 spiro atoms. The van der Waals surface area contributed by atoms with Gasteiger partial charge >= 0.3 is 0 Å². The number of hydrogen-bond acceptors (Lipinski definition) is 2. The minimum Gasteiger partial charge on any atom is -0.352 e. The zero-order valence-electron chi connectivity index (χ0n) is 12.7. The summed E-state index contributed by atoms with van der Waals surface area (Å²) in [6, 6.07) is 7.09. The monoisotopic (exact) mass is 288 g/mol. The molecule has 0 heterocycles. The summed E-state index contributed by atoms with van der Waals surface area (Å²) < 4.78 is 0. The highest BCUT2D eigenvalue weighted by Gasteiger charge is 2.17. The van der Waals surface area contributed by atoms with Crippen LogP contribution in [0.2, 0.25) is 0 Å². The SMILES string of the molecule is CCNC(=O)c1cccc(NC(=O)CC2CCCCC2)c1. The number of rotatable bonds is 5. The van der Waals surface area contributed by atoms with Gasteiger partial charge in [-0.2, -0.15) is 0 Å². The zero-order chi connectivity index (χ0) is 15.1. The first kappa shape index (κ1) is 15.5. The molecule has 1 aliphatic rings. The number of nitrogens with one attached hydrogen (secondary N) is 2. The summed E-state index contributed by atoms with van der Waals surface area (Å²) in [5.74, 6) is 0.459. The lowest BCUT2D eigenvalue weighted by molar-refractivity contribution is -0.117. The Labute approximate surface area is 126 Å². The number of carbonyl (C=O) groups is 2. The lowest BCUT2D eigenvalue weighted by Gasteiger charge is -2.20. The van der Waals surface area contributed by atoms with Crippen LogP contribution in [-0.2, 0) is 4.79 Å². The first-order valence-corrected chi connectivity index (χ1v) is 7.87. The maximum absolute atomic E-state index is 12.1. The molecule has 1 aromatic carbocycles. The minimum atomic E-state index is -0.110. The molecular weight excluding hydrogens is 264 g/mol. The van der Waals surface area contributed by atoms with Gasteiger partial charge in [0.25, 0.3) is 5.91 Å². The van der Waals surface area contributed by atoms with Crippen molar-refractivity contribution in [1.29, 1.82) is 0 Å². The Morgan fingerprint density at radius 1 is 1.19 bits per heavy atom. The first-order chi connectivity index (χ1) is 10.2. The Kier molecular flexibility index (Phi) is 5.78. The second-order valence-electron chi connectivity index (χ2n) is 5.70. The summed E-state index contributed by atoms with van der Waals surface area (Å²) in [6.45, 7) is 2.48. The van der Waals surface area contributed by atoms with E-state index < -0.39 is 0 Å². The van der Waals surface area contributed by atoms with Crippen LogP contribution in [0.1, 0.15) is 55.8 Å². The third-order valence-corrected chi connectivity index (χ3v) is 3.94. The van der Waals surface area contributed by atoms with Crippen molar-refractivity contribution < 1.29 is 9.59 Å². The van der Waals surface area contributed by atoms with E-state index in [0.717, 1.165) is 12.8 Å². The molecule has 0 bridgehead atoms. The van der Waals surface area contributed by atoms with Gasteiger partial charge in [-0.05, 0) is 43.9 Å². The summed E-state index contributed by atoms with van der Waals surface area (Å²) in [5, 5.41) is 5.66. The standard InChI is InChI=1S/C17H24N2O2/c1-2-18-17(21)14-9-6-10-15(12-14)19-16(20)11-13-7-4-3-5-8-13/h6,9-10,12-13H,2-5,7-8,11H2,1H3,(H,18,21)(H,19,20). The van der Waals surface area contributed by atoms with Gasteiger partial charge in [-0.3, -0.25) is 9.59 Å². The number of carbonyl (C=O) groups excluding carboxylic acids is 2. The van der Waals surface area contributed by atoms with E-state index in [-0.39, 0.29) is 11.8 Å². The Morgan fingerprint density at radius 3 is 2.67 bits per heavy atom. The third kappa shape index (κ3) is 4.88. The average molecular weight is 288 g/mol. The molecule has 0 atom stereocenters. The predicted molar refractivity (Wildman–Crippen MR) is 84.3 cm³/mol. The lowest BCUT2D eigenvalue weighted by atomic mass is 9.87. The number of anilines is 1. The van der Waals surface area contributed by atoms with Crippen molar-refractivity contribution >= 4 is 17.5 Å². The highest BCUT2D eigenvalue weighted by Crippen LogP contribution is 2.26. The molecule has 1 aliphatic carbocycles. The van der Waals surface area contributed by atoms with Crippen molar-refractivity contribution in [3.63, 3.8) is 0 Å². The normalized spacial score (nSPS) is 15.5. The van der Waals surface area contributed by atoms with Crippen LogP contribution in [0.5, 0.6) is 0 Å². The zero-order valence-corrected chi connectivity index (χ0v) is 12.7. The summed E-state index contributed by atoms with van der Waals surface area (Å²) >= 11 is 0. The maximum atomic E-state index is 12.1. The average Bonchev–Trinajstić information content (AvgIpc) is 2.48. The second kappa shape index (κ2) is 7.81. The molecule has 0 saturated heterocycles. The van der Waals surface area contributed by atoms with Crippen molar-refractivity contribution in [2.24, 2.45) is 5.92 Å². The van der Waals surface area contributed by atoms with Crippen LogP contribution in [0.3, 0.4) is 0 Å². The van der Waals surface area contributed by atoms with Gasteiger partial charge in [0.1, 0.15) is 0 Å². The molecule has 0 aromatic heterocycles. The van der Waals surface area contributed by atoms with Crippen molar-refractivity contribution in [3.8, 4) is 0 Å². The molecular formula is C17H24N2O2. The molecule has 2 amide bonds. The highest BCUT2D eigenvalue weighted by molar-refractivity contribution is 5.97. The van der Waals surface area contributed by atoms with Crippen LogP contribution in [0.15, 0.2) is 24.3 Å². The molecule has 0 aliphatic heterocycles. The molecule has 2 rings (SSSR count). The van der Waals surface area contributed by atoms with E-state index in [0.29, 0.717) is 30.1 Å². The predicted octanol–water partition coefficient (Wildman–Crippen LogP) is 3.35. The molecule has 4 heteroatoms. The molecule has 0 radical (unpaired) electrons. The van der Waals surface area contributed by atoms with Gasteiger partial charge in [0.2, 0.25) is 5.91 Å². The van der Waals surface area contributed by atoms with Gasteiger partial charge in [-0.25, -0.2) is 0 Å². The Morgan fingerprint density at radius 2 is 1.95 bits per heavy atom. The number of hydrogen-bond donors (Lipinski definition) is 2. The third-order valence-electron chi connectivity index (χ3n) is 3.94. The van der Waals surface area contributed by atoms with E-state index in [4.69, 9.17) is 0 Å². The molecule has 1 fully saturated rings. The largest absolute Gasteiger partial charge is 0.352 e. The van der Waals surface area contributed by atoms with Gasteiger partial charge in [0.15, 0.2) is 0 Å². The van der Waals surface area contributed by atoms with Crippen LogP contribution in [0.25, 0.3) is 0 Å². The number of benzene rings is 1. The lowest BCUT2D eigenvalue weighted by Crippen LogP contribution is -2.23. The molecule has 1 saturated carbocycles. The summed E-state index contributed by atoms with van der Waals surface area (Å²) in [4.78, 5) is 23.9. The molecule has 1 aromatic rings.